The SMILES string of the molecule is CCCCOC(=O)N1C/C(=C(\C)CN=[N+]=[N-])C1=O. The summed E-state index contributed by atoms with van der Waals surface area (Å²) in [7, 11) is 0. The maximum Gasteiger partial charge on any atom is 0.417 e. The van der Waals surface area contributed by atoms with Crippen molar-refractivity contribution in [2.24, 2.45) is 5.11 Å². The van der Waals surface area contributed by atoms with Crippen LogP contribution in [-0.4, -0.2) is 36.6 Å². The highest BCUT2D eigenvalue weighted by atomic mass is 16.6. The molecule has 1 saturated heterocycles. The molecule has 98 valence electrons. The quantitative estimate of drug-likeness (QED) is 0.188. The Balaban J connectivity index is 2.49. The largest absolute Gasteiger partial charge is 0.449 e. The number of unbranched alkanes of at least 4 members (excludes halogenated alkanes) is 1. The summed E-state index contributed by atoms with van der Waals surface area (Å²) in [5.74, 6) is -0.359. The molecule has 0 unspecified atom stereocenters. The molecule has 0 atom stereocenters. The van der Waals surface area contributed by atoms with Crippen molar-refractivity contribution in [3.8, 4) is 0 Å². The van der Waals surface area contributed by atoms with Crippen molar-refractivity contribution in [1.29, 1.82) is 0 Å². The van der Waals surface area contributed by atoms with Crippen LogP contribution in [0.1, 0.15) is 26.7 Å². The topological polar surface area (TPSA) is 95.4 Å². The van der Waals surface area contributed by atoms with Crippen LogP contribution in [0.4, 0.5) is 4.79 Å². The van der Waals surface area contributed by atoms with Gasteiger partial charge in [0.15, 0.2) is 0 Å². The first kappa shape index (κ1) is 14.1. The molecule has 1 fully saturated rings. The van der Waals surface area contributed by atoms with E-state index in [1.165, 1.54) is 0 Å². The molecule has 0 N–H and O–H groups in total. The van der Waals surface area contributed by atoms with E-state index >= 15 is 0 Å². The molecule has 0 aromatic carbocycles. The summed E-state index contributed by atoms with van der Waals surface area (Å²) in [4.78, 5) is 26.8. The van der Waals surface area contributed by atoms with E-state index in [9.17, 15) is 9.59 Å². The third kappa shape index (κ3) is 3.24. The number of likely N-dealkylation sites (tertiary alicyclic amines) is 1. The van der Waals surface area contributed by atoms with Crippen molar-refractivity contribution in [3.05, 3.63) is 21.6 Å². The Morgan fingerprint density at radius 2 is 2.33 bits per heavy atom. The normalized spacial score (nSPS) is 16.8. The molecule has 0 saturated carbocycles. The molecule has 0 aromatic heterocycles. The Bertz CT molecular complexity index is 424. The van der Waals surface area contributed by atoms with Crippen molar-refractivity contribution in [1.82, 2.24) is 4.90 Å². The highest BCUT2D eigenvalue weighted by Crippen LogP contribution is 2.21. The number of ether oxygens (including phenoxy) is 1. The van der Waals surface area contributed by atoms with E-state index < -0.39 is 6.09 Å². The number of carbonyl (C=O) groups excluding carboxylic acids is 2. The molecule has 0 spiro atoms. The fraction of sp³-hybridized carbons (Fsp3) is 0.636. The molecular weight excluding hydrogens is 236 g/mol. The van der Waals surface area contributed by atoms with Crippen LogP contribution < -0.4 is 0 Å². The lowest BCUT2D eigenvalue weighted by atomic mass is 10.0. The predicted octanol–water partition coefficient (Wildman–Crippen LogP) is 2.39. The number of hydrogen-bond donors (Lipinski definition) is 0. The minimum Gasteiger partial charge on any atom is -0.449 e. The molecule has 1 aliphatic rings. The third-order valence-electron chi connectivity index (χ3n) is 2.65. The van der Waals surface area contributed by atoms with Crippen LogP contribution in [0.2, 0.25) is 0 Å². The van der Waals surface area contributed by atoms with Crippen molar-refractivity contribution < 1.29 is 14.3 Å². The molecule has 7 nitrogen and oxygen atoms in total. The zero-order valence-electron chi connectivity index (χ0n) is 10.5. The highest BCUT2D eigenvalue weighted by molar-refractivity contribution is 6.09. The first-order valence-corrected chi connectivity index (χ1v) is 5.79. The van der Waals surface area contributed by atoms with Gasteiger partial charge in [0.2, 0.25) is 0 Å². The Morgan fingerprint density at radius 1 is 1.61 bits per heavy atom. The molecule has 7 heteroatoms. The molecule has 0 aromatic rings. The summed E-state index contributed by atoms with van der Waals surface area (Å²) < 4.78 is 4.93. The second-order valence-electron chi connectivity index (χ2n) is 4.01. The van der Waals surface area contributed by atoms with Crippen LogP contribution in [0.25, 0.3) is 10.4 Å². The predicted molar refractivity (Wildman–Crippen MR) is 64.7 cm³/mol. The minimum absolute atomic E-state index is 0.149. The number of β-lactam (4-membered cyclic amide) rings is 1. The standard InChI is InChI=1S/C11H16N4O3/c1-3-4-5-18-11(17)15-7-9(10(15)16)8(2)6-13-14-12/h3-7H2,1-2H3/b9-8-. The second kappa shape index (κ2) is 6.66. The van der Waals surface area contributed by atoms with Crippen molar-refractivity contribution in [3.63, 3.8) is 0 Å². The fourth-order valence-electron chi connectivity index (χ4n) is 1.45. The summed E-state index contributed by atoms with van der Waals surface area (Å²) in [6.07, 6.45) is 1.11. The summed E-state index contributed by atoms with van der Waals surface area (Å²) in [5.41, 5.74) is 9.39. The average Bonchev–Trinajstić information content (AvgIpc) is 2.35. The van der Waals surface area contributed by atoms with Crippen LogP contribution in [-0.2, 0) is 9.53 Å². The number of imide groups is 1. The molecule has 0 radical (unpaired) electrons. The van der Waals surface area contributed by atoms with Crippen molar-refractivity contribution >= 4 is 12.0 Å². The van der Waals surface area contributed by atoms with Gasteiger partial charge in [-0.15, -0.1) is 0 Å². The number of azide groups is 1. The van der Waals surface area contributed by atoms with Crippen LogP contribution in [0.15, 0.2) is 16.3 Å². The van der Waals surface area contributed by atoms with Gasteiger partial charge in [0.05, 0.1) is 13.2 Å². The van der Waals surface area contributed by atoms with E-state index in [4.69, 9.17) is 10.3 Å². The minimum atomic E-state index is -0.603. The zero-order valence-corrected chi connectivity index (χ0v) is 10.5. The molecule has 0 aliphatic carbocycles. The molecule has 1 aliphatic heterocycles. The van der Waals surface area contributed by atoms with E-state index in [2.05, 4.69) is 10.0 Å². The first-order valence-electron chi connectivity index (χ1n) is 5.79. The van der Waals surface area contributed by atoms with Gasteiger partial charge in [0, 0.05) is 17.0 Å². The van der Waals surface area contributed by atoms with Crippen LogP contribution >= 0.6 is 0 Å². The second-order valence-corrected chi connectivity index (χ2v) is 4.01. The van der Waals surface area contributed by atoms with Gasteiger partial charge in [-0.05, 0) is 18.9 Å². The van der Waals surface area contributed by atoms with Crippen molar-refractivity contribution in [2.45, 2.75) is 26.7 Å². The van der Waals surface area contributed by atoms with Crippen molar-refractivity contribution in [2.75, 3.05) is 19.7 Å². The lowest BCUT2D eigenvalue weighted by molar-refractivity contribution is -0.130. The third-order valence-corrected chi connectivity index (χ3v) is 2.65. The zero-order chi connectivity index (χ0) is 13.5. The van der Waals surface area contributed by atoms with Gasteiger partial charge in [0.1, 0.15) is 0 Å². The highest BCUT2D eigenvalue weighted by Gasteiger charge is 2.37. The number of rotatable bonds is 5. The monoisotopic (exact) mass is 252 g/mol. The van der Waals surface area contributed by atoms with E-state index in [1.54, 1.807) is 6.92 Å². The van der Waals surface area contributed by atoms with E-state index in [0.717, 1.165) is 17.7 Å². The first-order chi connectivity index (χ1) is 8.61. The van der Waals surface area contributed by atoms with Gasteiger partial charge < -0.3 is 4.74 Å². The molecule has 1 rings (SSSR count). The van der Waals surface area contributed by atoms with Gasteiger partial charge in [-0.1, -0.05) is 24.0 Å². The number of amides is 2. The lowest BCUT2D eigenvalue weighted by Gasteiger charge is -2.31. The van der Waals surface area contributed by atoms with E-state index in [-0.39, 0.29) is 19.0 Å². The van der Waals surface area contributed by atoms with E-state index in [1.807, 2.05) is 6.92 Å². The number of hydrogen-bond acceptors (Lipinski definition) is 4. The fourth-order valence-corrected chi connectivity index (χ4v) is 1.45. The van der Waals surface area contributed by atoms with Crippen LogP contribution in [0, 0.1) is 0 Å². The summed E-state index contributed by atoms with van der Waals surface area (Å²) in [5, 5.41) is 3.38. The Labute approximate surface area is 105 Å². The van der Waals surface area contributed by atoms with Gasteiger partial charge in [-0.25, -0.2) is 9.69 Å². The summed E-state index contributed by atoms with van der Waals surface area (Å²) >= 11 is 0. The van der Waals surface area contributed by atoms with Gasteiger partial charge in [-0.2, -0.15) is 0 Å². The smallest absolute Gasteiger partial charge is 0.417 e. The molecule has 0 bridgehead atoms. The maximum atomic E-state index is 11.7. The lowest BCUT2D eigenvalue weighted by Crippen LogP contribution is -2.50. The van der Waals surface area contributed by atoms with E-state index in [0.29, 0.717) is 17.8 Å². The molecular formula is C11H16N4O3. The summed E-state index contributed by atoms with van der Waals surface area (Å²) in [6, 6.07) is 0. The maximum absolute atomic E-state index is 11.7. The number of carbonyl (C=O) groups is 2. The number of nitrogens with zero attached hydrogens (tertiary/aromatic N) is 4. The van der Waals surface area contributed by atoms with Crippen LogP contribution in [0.5, 0.6) is 0 Å². The van der Waals surface area contributed by atoms with Gasteiger partial charge in [-0.3, -0.25) is 4.79 Å². The van der Waals surface area contributed by atoms with Gasteiger partial charge >= 0.3 is 6.09 Å². The molecule has 2 amide bonds. The Morgan fingerprint density at radius 3 is 2.89 bits per heavy atom. The average molecular weight is 252 g/mol. The molecule has 1 heterocycles. The van der Waals surface area contributed by atoms with Crippen LogP contribution in [0.3, 0.4) is 0 Å². The van der Waals surface area contributed by atoms with Gasteiger partial charge in [0.25, 0.3) is 5.91 Å². The Hall–Kier alpha value is -2.01. The molecule has 18 heavy (non-hydrogen) atoms. The summed E-state index contributed by atoms with van der Waals surface area (Å²) in [6.45, 7) is 4.41. The Kier molecular flexibility index (Phi) is 5.20.